The zero-order chi connectivity index (χ0) is 23.6. The van der Waals surface area contributed by atoms with Crippen LogP contribution in [0.25, 0.3) is 0 Å². The lowest BCUT2D eigenvalue weighted by Crippen LogP contribution is -2.41. The molecule has 33 heavy (non-hydrogen) atoms. The van der Waals surface area contributed by atoms with E-state index < -0.39 is 17.3 Å². The number of esters is 1. The van der Waals surface area contributed by atoms with E-state index in [2.05, 4.69) is 28.9 Å². The zero-order valence-electron chi connectivity index (χ0n) is 19.4. The predicted octanol–water partition coefficient (Wildman–Crippen LogP) is 3.29. The number of hydrogen-bond donors (Lipinski definition) is 1. The minimum Gasteiger partial charge on any atom is -0.460 e. The standard InChI is InChI=1S/C25H34N4O3S/c1-3-15-32-25(31)21(17-26)24-29(4-2)23(30)22(33-24)18-27-20-10-8-9-19(16-20)11-14-28-12-6-5-7-13-28/h3,8-10,16,21-22,24,27H,1,4-7,11-15,18H2,2H3. The van der Waals surface area contributed by atoms with Crippen LogP contribution in [0.4, 0.5) is 5.69 Å². The molecule has 3 unspecified atom stereocenters. The first kappa shape index (κ1) is 25.1. The minimum absolute atomic E-state index is 0.0492. The molecule has 2 fully saturated rings. The van der Waals surface area contributed by atoms with E-state index in [-0.39, 0.29) is 17.8 Å². The number of rotatable bonds is 11. The van der Waals surface area contributed by atoms with Crippen molar-refractivity contribution in [2.75, 3.05) is 44.6 Å². The third-order valence-electron chi connectivity index (χ3n) is 6.12. The van der Waals surface area contributed by atoms with Crippen LogP contribution in [0.3, 0.4) is 0 Å². The van der Waals surface area contributed by atoms with Crippen LogP contribution in [-0.2, 0) is 20.7 Å². The predicted molar refractivity (Wildman–Crippen MR) is 132 cm³/mol. The van der Waals surface area contributed by atoms with Crippen LogP contribution >= 0.6 is 11.8 Å². The molecule has 1 aromatic rings. The summed E-state index contributed by atoms with van der Waals surface area (Å²) in [5.74, 6) is -1.70. The van der Waals surface area contributed by atoms with Crippen LogP contribution in [0.5, 0.6) is 0 Å². The molecule has 3 rings (SSSR count). The lowest BCUT2D eigenvalue weighted by Gasteiger charge is -2.26. The number of piperidine rings is 1. The van der Waals surface area contributed by atoms with Crippen LogP contribution in [0.2, 0.25) is 0 Å². The number of ether oxygens (including phenoxy) is 1. The number of likely N-dealkylation sites (tertiary alicyclic amines) is 1. The molecule has 2 saturated heterocycles. The third kappa shape index (κ3) is 6.75. The summed E-state index contributed by atoms with van der Waals surface area (Å²) in [6.45, 7) is 9.77. The smallest absolute Gasteiger partial charge is 0.326 e. The van der Waals surface area contributed by atoms with Gasteiger partial charge >= 0.3 is 5.97 Å². The van der Waals surface area contributed by atoms with Gasteiger partial charge in [-0.05, 0) is 57.0 Å². The molecule has 1 amide bonds. The number of nitrogens with zero attached hydrogens (tertiary/aromatic N) is 3. The Kier molecular flexibility index (Phi) is 9.64. The molecule has 0 aromatic heterocycles. The van der Waals surface area contributed by atoms with Crippen LogP contribution in [0, 0.1) is 17.2 Å². The lowest BCUT2D eigenvalue weighted by molar-refractivity contribution is -0.146. The first-order valence-corrected chi connectivity index (χ1v) is 12.7. The Hall–Kier alpha value is -2.50. The Morgan fingerprint density at radius 3 is 2.88 bits per heavy atom. The molecular weight excluding hydrogens is 436 g/mol. The van der Waals surface area contributed by atoms with Gasteiger partial charge in [0.05, 0.1) is 6.07 Å². The zero-order valence-corrected chi connectivity index (χ0v) is 20.2. The van der Waals surface area contributed by atoms with E-state index in [1.54, 1.807) is 4.90 Å². The molecule has 1 N–H and O–H groups in total. The summed E-state index contributed by atoms with van der Waals surface area (Å²) in [4.78, 5) is 29.4. The number of benzene rings is 1. The maximum absolute atomic E-state index is 13.0. The molecule has 7 nitrogen and oxygen atoms in total. The van der Waals surface area contributed by atoms with Gasteiger partial charge in [-0.1, -0.05) is 31.2 Å². The maximum atomic E-state index is 13.0. The quantitative estimate of drug-likeness (QED) is 0.392. The van der Waals surface area contributed by atoms with E-state index in [0.29, 0.717) is 13.1 Å². The van der Waals surface area contributed by atoms with Crippen molar-refractivity contribution < 1.29 is 14.3 Å². The van der Waals surface area contributed by atoms with Gasteiger partial charge < -0.3 is 19.9 Å². The van der Waals surface area contributed by atoms with Crippen molar-refractivity contribution in [1.82, 2.24) is 9.80 Å². The molecule has 2 aliphatic rings. The van der Waals surface area contributed by atoms with Crippen molar-refractivity contribution in [1.29, 1.82) is 5.26 Å². The van der Waals surface area contributed by atoms with Crippen LogP contribution < -0.4 is 5.32 Å². The van der Waals surface area contributed by atoms with Crippen molar-refractivity contribution >= 4 is 29.3 Å². The van der Waals surface area contributed by atoms with E-state index >= 15 is 0 Å². The van der Waals surface area contributed by atoms with Crippen LogP contribution in [-0.4, -0.2) is 71.6 Å². The molecule has 3 atom stereocenters. The number of carbonyl (C=O) groups is 2. The Morgan fingerprint density at radius 2 is 2.18 bits per heavy atom. The Labute approximate surface area is 201 Å². The highest BCUT2D eigenvalue weighted by atomic mass is 32.2. The molecule has 178 valence electrons. The fraction of sp³-hybridized carbons (Fsp3) is 0.560. The van der Waals surface area contributed by atoms with Crippen molar-refractivity contribution in [3.8, 4) is 6.07 Å². The highest BCUT2D eigenvalue weighted by Gasteiger charge is 2.46. The molecule has 0 radical (unpaired) electrons. The second-order valence-corrected chi connectivity index (χ2v) is 9.72. The monoisotopic (exact) mass is 470 g/mol. The number of nitriles is 1. The molecular formula is C25H34N4O3S. The summed E-state index contributed by atoms with van der Waals surface area (Å²) in [7, 11) is 0. The molecule has 2 aliphatic heterocycles. The largest absolute Gasteiger partial charge is 0.460 e. The summed E-state index contributed by atoms with van der Waals surface area (Å²) in [5.41, 5.74) is 2.26. The van der Waals surface area contributed by atoms with Gasteiger partial charge in [0.25, 0.3) is 0 Å². The minimum atomic E-state index is -1.03. The number of hydrogen-bond acceptors (Lipinski definition) is 7. The first-order chi connectivity index (χ1) is 16.1. The van der Waals surface area contributed by atoms with Crippen molar-refractivity contribution in [3.63, 3.8) is 0 Å². The summed E-state index contributed by atoms with van der Waals surface area (Å²) in [6, 6.07) is 10.4. The van der Waals surface area contributed by atoms with Gasteiger partial charge in [-0.2, -0.15) is 5.26 Å². The summed E-state index contributed by atoms with van der Waals surface area (Å²) >= 11 is 1.36. The van der Waals surface area contributed by atoms with Gasteiger partial charge in [-0.25, -0.2) is 0 Å². The van der Waals surface area contributed by atoms with Crippen molar-refractivity contribution in [2.24, 2.45) is 5.92 Å². The fourth-order valence-corrected chi connectivity index (χ4v) is 5.82. The number of anilines is 1. The summed E-state index contributed by atoms with van der Waals surface area (Å²) < 4.78 is 5.08. The topological polar surface area (TPSA) is 85.7 Å². The van der Waals surface area contributed by atoms with Crippen LogP contribution in [0.1, 0.15) is 31.7 Å². The average molecular weight is 471 g/mol. The number of carbonyl (C=O) groups excluding carboxylic acids is 2. The van der Waals surface area contributed by atoms with Crippen LogP contribution in [0.15, 0.2) is 36.9 Å². The highest BCUT2D eigenvalue weighted by Crippen LogP contribution is 2.36. The van der Waals surface area contributed by atoms with E-state index in [0.717, 1.165) is 18.7 Å². The van der Waals surface area contributed by atoms with Crippen molar-refractivity contribution in [2.45, 2.75) is 43.2 Å². The number of nitrogens with one attached hydrogen (secondary N) is 1. The maximum Gasteiger partial charge on any atom is 0.326 e. The molecule has 0 aliphatic carbocycles. The van der Waals surface area contributed by atoms with E-state index in [1.807, 2.05) is 25.1 Å². The van der Waals surface area contributed by atoms with Gasteiger partial charge in [0.2, 0.25) is 5.91 Å². The molecule has 0 spiro atoms. The van der Waals surface area contributed by atoms with E-state index in [1.165, 1.54) is 55.8 Å². The lowest BCUT2D eigenvalue weighted by atomic mass is 10.1. The van der Waals surface area contributed by atoms with Gasteiger partial charge in [0.15, 0.2) is 5.92 Å². The first-order valence-electron chi connectivity index (χ1n) is 11.8. The average Bonchev–Trinajstić information content (AvgIpc) is 3.16. The SMILES string of the molecule is C=CCOC(=O)C(C#N)C1SC(CNc2cccc(CCN3CCCCC3)c2)C(=O)N1CC. The molecule has 8 heteroatoms. The molecule has 0 saturated carbocycles. The van der Waals surface area contributed by atoms with Gasteiger partial charge in [-0.3, -0.25) is 9.59 Å². The Morgan fingerprint density at radius 1 is 1.39 bits per heavy atom. The van der Waals surface area contributed by atoms with Crippen molar-refractivity contribution in [3.05, 3.63) is 42.5 Å². The van der Waals surface area contributed by atoms with E-state index in [9.17, 15) is 14.9 Å². The molecule has 2 heterocycles. The van der Waals surface area contributed by atoms with Gasteiger partial charge in [0, 0.05) is 25.3 Å². The molecule has 1 aromatic carbocycles. The second-order valence-electron chi connectivity index (χ2n) is 8.40. The summed E-state index contributed by atoms with van der Waals surface area (Å²) in [6.07, 6.45) is 6.40. The van der Waals surface area contributed by atoms with Gasteiger partial charge in [-0.15, -0.1) is 11.8 Å². The fourth-order valence-electron chi connectivity index (χ4n) is 4.32. The Balaban J connectivity index is 1.57. The van der Waals surface area contributed by atoms with E-state index in [4.69, 9.17) is 4.74 Å². The number of amides is 1. The molecule has 0 bridgehead atoms. The Bertz CT molecular complexity index is 865. The van der Waals surface area contributed by atoms with Gasteiger partial charge in [0.1, 0.15) is 17.2 Å². The highest BCUT2D eigenvalue weighted by molar-refractivity contribution is 8.01. The normalized spacial score (nSPS) is 21.9. The third-order valence-corrected chi connectivity index (χ3v) is 7.62. The summed E-state index contributed by atoms with van der Waals surface area (Å²) in [5, 5.41) is 12.1. The number of thioether (sulfide) groups is 1. The second kappa shape index (κ2) is 12.7.